The molecule has 0 amide bonds. The number of ether oxygens (including phenoxy) is 1. The van der Waals surface area contributed by atoms with Gasteiger partial charge in [0.05, 0.1) is 5.52 Å². The molecule has 2 aromatic rings. The first-order chi connectivity index (χ1) is 9.71. The van der Waals surface area contributed by atoms with Crippen LogP contribution in [0.1, 0.15) is 49.9 Å². The molecule has 5 heteroatoms. The molecule has 5 nitrogen and oxygen atoms in total. The van der Waals surface area contributed by atoms with Crippen molar-refractivity contribution in [2.75, 3.05) is 0 Å². The Morgan fingerprint density at radius 1 is 1.24 bits per heavy atom. The molecule has 0 fully saturated rings. The number of nitrogens with zero attached hydrogens (tertiary/aromatic N) is 2. The summed E-state index contributed by atoms with van der Waals surface area (Å²) < 4.78 is 6.71. The van der Waals surface area contributed by atoms with Gasteiger partial charge in [-0.25, -0.2) is 4.79 Å². The standard InChI is InChI=1S/C16H20N2O3/c1-10(16(3,4)5)21-15(20)14-12-8-6-7-9-13(12)18(17-14)11(2)19/h6-10H,1-5H3. The van der Waals surface area contributed by atoms with Gasteiger partial charge in [0.1, 0.15) is 6.10 Å². The summed E-state index contributed by atoms with van der Waals surface area (Å²) >= 11 is 0. The summed E-state index contributed by atoms with van der Waals surface area (Å²) in [4.78, 5) is 24.0. The Morgan fingerprint density at radius 2 is 1.86 bits per heavy atom. The van der Waals surface area contributed by atoms with Gasteiger partial charge in [-0.2, -0.15) is 9.78 Å². The molecule has 1 atom stereocenters. The van der Waals surface area contributed by atoms with Gasteiger partial charge in [-0.3, -0.25) is 4.79 Å². The zero-order chi connectivity index (χ0) is 15.8. The Labute approximate surface area is 123 Å². The minimum Gasteiger partial charge on any atom is -0.457 e. The second-order valence-corrected chi connectivity index (χ2v) is 6.21. The summed E-state index contributed by atoms with van der Waals surface area (Å²) in [6.45, 7) is 9.25. The lowest BCUT2D eigenvalue weighted by molar-refractivity contribution is 0.00434. The molecular weight excluding hydrogens is 268 g/mol. The highest BCUT2D eigenvalue weighted by Gasteiger charge is 2.27. The minimum atomic E-state index is -0.506. The zero-order valence-electron chi connectivity index (χ0n) is 13.0. The summed E-state index contributed by atoms with van der Waals surface area (Å²) in [7, 11) is 0. The molecule has 0 N–H and O–H groups in total. The lowest BCUT2D eigenvalue weighted by atomic mass is 9.90. The van der Waals surface area contributed by atoms with Crippen LogP contribution in [0.25, 0.3) is 10.9 Å². The monoisotopic (exact) mass is 288 g/mol. The van der Waals surface area contributed by atoms with Crippen molar-refractivity contribution in [3.63, 3.8) is 0 Å². The number of aromatic nitrogens is 2. The molecule has 0 radical (unpaired) electrons. The number of esters is 1. The van der Waals surface area contributed by atoms with E-state index < -0.39 is 5.97 Å². The molecule has 0 aliphatic heterocycles. The van der Waals surface area contributed by atoms with Gasteiger partial charge in [0.2, 0.25) is 5.91 Å². The van der Waals surface area contributed by atoms with Crippen LogP contribution in [0, 0.1) is 5.41 Å². The molecule has 2 rings (SSSR count). The molecule has 112 valence electrons. The number of para-hydroxylation sites is 1. The average molecular weight is 288 g/mol. The largest absolute Gasteiger partial charge is 0.457 e. The van der Waals surface area contributed by atoms with E-state index in [9.17, 15) is 9.59 Å². The Balaban J connectivity index is 2.43. The summed E-state index contributed by atoms with van der Waals surface area (Å²) in [6, 6.07) is 7.13. The molecule has 0 bridgehead atoms. The highest BCUT2D eigenvalue weighted by Crippen LogP contribution is 2.24. The highest BCUT2D eigenvalue weighted by molar-refractivity contribution is 6.04. The fraction of sp³-hybridized carbons (Fsp3) is 0.438. The molecule has 1 aromatic heterocycles. The van der Waals surface area contributed by atoms with E-state index in [1.807, 2.05) is 27.7 Å². The van der Waals surface area contributed by atoms with E-state index in [0.717, 1.165) is 0 Å². The van der Waals surface area contributed by atoms with E-state index in [1.54, 1.807) is 24.3 Å². The molecule has 0 aliphatic rings. The number of rotatable bonds is 2. The van der Waals surface area contributed by atoms with Crippen molar-refractivity contribution in [3.05, 3.63) is 30.0 Å². The first kappa shape index (κ1) is 15.2. The molecule has 1 aromatic carbocycles. The number of carbonyl (C=O) groups is 2. The normalized spacial score (nSPS) is 13.2. The number of benzene rings is 1. The van der Waals surface area contributed by atoms with Crippen LogP contribution < -0.4 is 0 Å². The molecule has 1 heterocycles. The van der Waals surface area contributed by atoms with Crippen LogP contribution in [-0.4, -0.2) is 27.8 Å². The topological polar surface area (TPSA) is 61.2 Å². The molecule has 0 spiro atoms. The van der Waals surface area contributed by atoms with E-state index in [4.69, 9.17) is 4.74 Å². The van der Waals surface area contributed by atoms with Gasteiger partial charge in [0.15, 0.2) is 5.69 Å². The van der Waals surface area contributed by atoms with E-state index in [2.05, 4.69) is 5.10 Å². The summed E-state index contributed by atoms with van der Waals surface area (Å²) in [5, 5.41) is 4.74. The van der Waals surface area contributed by atoms with Gasteiger partial charge in [-0.05, 0) is 18.4 Å². The van der Waals surface area contributed by atoms with Crippen molar-refractivity contribution in [1.82, 2.24) is 9.78 Å². The maximum absolute atomic E-state index is 12.3. The fourth-order valence-corrected chi connectivity index (χ4v) is 1.85. The third-order valence-corrected chi connectivity index (χ3v) is 3.58. The SMILES string of the molecule is CC(=O)n1nc(C(=O)OC(C)C(C)(C)C)c2ccccc21. The van der Waals surface area contributed by atoms with E-state index >= 15 is 0 Å². The summed E-state index contributed by atoms with van der Waals surface area (Å²) in [5.74, 6) is -0.747. The Hall–Kier alpha value is -2.17. The van der Waals surface area contributed by atoms with Crippen molar-refractivity contribution in [1.29, 1.82) is 0 Å². The second-order valence-electron chi connectivity index (χ2n) is 6.21. The van der Waals surface area contributed by atoms with Crippen molar-refractivity contribution >= 4 is 22.8 Å². The Bertz CT molecular complexity index is 695. The van der Waals surface area contributed by atoms with Crippen LogP contribution in [0.15, 0.2) is 24.3 Å². The number of carbonyl (C=O) groups excluding carboxylic acids is 2. The van der Waals surface area contributed by atoms with Crippen LogP contribution in [0.4, 0.5) is 0 Å². The lowest BCUT2D eigenvalue weighted by Crippen LogP contribution is -2.29. The molecule has 0 saturated heterocycles. The summed E-state index contributed by atoms with van der Waals surface area (Å²) in [5.41, 5.74) is 0.631. The number of hydrogen-bond donors (Lipinski definition) is 0. The van der Waals surface area contributed by atoms with E-state index in [0.29, 0.717) is 10.9 Å². The van der Waals surface area contributed by atoms with Gasteiger partial charge in [-0.1, -0.05) is 39.0 Å². The predicted octanol–water partition coefficient (Wildman–Crippen LogP) is 3.29. The first-order valence-corrected chi connectivity index (χ1v) is 6.91. The van der Waals surface area contributed by atoms with Crippen LogP contribution in [0.5, 0.6) is 0 Å². The van der Waals surface area contributed by atoms with E-state index in [1.165, 1.54) is 11.6 Å². The van der Waals surface area contributed by atoms with Crippen molar-refractivity contribution in [2.24, 2.45) is 5.41 Å². The Kier molecular flexibility index (Phi) is 3.85. The maximum atomic E-state index is 12.3. The van der Waals surface area contributed by atoms with Gasteiger partial charge in [0, 0.05) is 12.3 Å². The van der Waals surface area contributed by atoms with Crippen LogP contribution in [0.3, 0.4) is 0 Å². The average Bonchev–Trinajstić information content (AvgIpc) is 2.77. The highest BCUT2D eigenvalue weighted by atomic mass is 16.5. The Morgan fingerprint density at radius 3 is 2.43 bits per heavy atom. The number of fused-ring (bicyclic) bond motifs is 1. The quantitative estimate of drug-likeness (QED) is 0.796. The molecule has 0 saturated carbocycles. The second kappa shape index (κ2) is 5.31. The van der Waals surface area contributed by atoms with E-state index in [-0.39, 0.29) is 23.1 Å². The van der Waals surface area contributed by atoms with Crippen molar-refractivity contribution in [2.45, 2.75) is 40.7 Å². The molecule has 21 heavy (non-hydrogen) atoms. The smallest absolute Gasteiger partial charge is 0.359 e. The van der Waals surface area contributed by atoms with Crippen LogP contribution in [0.2, 0.25) is 0 Å². The van der Waals surface area contributed by atoms with Crippen molar-refractivity contribution < 1.29 is 14.3 Å². The molecule has 0 aliphatic carbocycles. The zero-order valence-corrected chi connectivity index (χ0v) is 13.0. The maximum Gasteiger partial charge on any atom is 0.359 e. The van der Waals surface area contributed by atoms with Gasteiger partial charge < -0.3 is 4.74 Å². The van der Waals surface area contributed by atoms with Crippen molar-refractivity contribution in [3.8, 4) is 0 Å². The van der Waals surface area contributed by atoms with Gasteiger partial charge in [0.25, 0.3) is 0 Å². The van der Waals surface area contributed by atoms with Crippen LogP contribution >= 0.6 is 0 Å². The third kappa shape index (κ3) is 2.96. The fourth-order valence-electron chi connectivity index (χ4n) is 1.85. The summed E-state index contributed by atoms with van der Waals surface area (Å²) in [6.07, 6.45) is -0.258. The van der Waals surface area contributed by atoms with Gasteiger partial charge >= 0.3 is 5.97 Å². The lowest BCUT2D eigenvalue weighted by Gasteiger charge is -2.26. The van der Waals surface area contributed by atoms with Gasteiger partial charge in [-0.15, -0.1) is 0 Å². The third-order valence-electron chi connectivity index (χ3n) is 3.58. The van der Waals surface area contributed by atoms with Crippen LogP contribution in [-0.2, 0) is 4.74 Å². The molecule has 1 unspecified atom stereocenters. The predicted molar refractivity (Wildman–Crippen MR) is 80.4 cm³/mol. The minimum absolute atomic E-state index is 0.158. The first-order valence-electron chi connectivity index (χ1n) is 6.91. The number of hydrogen-bond acceptors (Lipinski definition) is 4. The molecular formula is C16H20N2O3.